The van der Waals surface area contributed by atoms with Gasteiger partial charge in [0.25, 0.3) is 0 Å². The van der Waals surface area contributed by atoms with E-state index < -0.39 is 6.04 Å². The van der Waals surface area contributed by atoms with E-state index in [1.54, 1.807) is 12.1 Å². The lowest BCUT2D eigenvalue weighted by Gasteiger charge is -2.15. The Hall–Kier alpha value is -6.38. The van der Waals surface area contributed by atoms with Crippen molar-refractivity contribution in [2.75, 3.05) is 0 Å². The largest absolute Gasteiger partial charge is 0.228 e. The van der Waals surface area contributed by atoms with E-state index in [-0.39, 0.29) is 29.7 Å². The fourth-order valence-electron chi connectivity index (χ4n) is 6.60. The Morgan fingerprint density at radius 2 is 0.938 bits per heavy atom. The molecule has 0 radical (unpaired) electrons. The molecule has 8 aromatic carbocycles. The maximum atomic E-state index is 8.43. The molecule has 0 aliphatic rings. The van der Waals surface area contributed by atoms with Crippen LogP contribution in [0.15, 0.2) is 182 Å². The van der Waals surface area contributed by atoms with Gasteiger partial charge in [0.05, 0.1) is 18.2 Å². The molecule has 2 heteroatoms. The second-order valence-corrected chi connectivity index (χ2v) is 11.8. The quantitative estimate of drug-likeness (QED) is 0.142. The van der Waals surface area contributed by atoms with E-state index >= 15 is 0 Å². The first-order valence-corrected chi connectivity index (χ1v) is 15.9. The first-order valence-electron chi connectivity index (χ1n) is 18.4. The number of hydrogen-bond acceptors (Lipinski definition) is 2. The number of hydrogen-bond donors (Lipinski definition) is 0. The summed E-state index contributed by atoms with van der Waals surface area (Å²) in [6.45, 7) is 0. The highest BCUT2D eigenvalue weighted by Gasteiger charge is 2.14. The van der Waals surface area contributed by atoms with Gasteiger partial charge in [-0.3, -0.25) is 0 Å². The molecule has 1 aromatic heterocycles. The normalized spacial score (nSPS) is 12.8. The molecule has 224 valence electrons. The molecule has 0 amide bonds. The number of rotatable bonds is 5. The number of aromatic nitrogens is 2. The van der Waals surface area contributed by atoms with Crippen LogP contribution in [0.25, 0.3) is 88.5 Å². The summed E-state index contributed by atoms with van der Waals surface area (Å²) in [5.74, 6) is 0.587. The van der Waals surface area contributed by atoms with Crippen molar-refractivity contribution < 1.29 is 6.85 Å². The molecule has 1 heterocycles. The smallest absolute Gasteiger partial charge is 0.160 e. The molecule has 2 nitrogen and oxygen atoms in total. The molecule has 0 unspecified atom stereocenters. The van der Waals surface area contributed by atoms with Crippen molar-refractivity contribution in [2.24, 2.45) is 0 Å². The van der Waals surface area contributed by atoms with Crippen molar-refractivity contribution in [3.05, 3.63) is 182 Å². The van der Waals surface area contributed by atoms with Crippen LogP contribution in [0, 0.1) is 0 Å². The molecule has 0 bridgehead atoms. The fourth-order valence-corrected chi connectivity index (χ4v) is 6.60. The molecule has 48 heavy (non-hydrogen) atoms. The first kappa shape index (κ1) is 23.0. The summed E-state index contributed by atoms with van der Waals surface area (Å²) in [7, 11) is 0. The van der Waals surface area contributed by atoms with Gasteiger partial charge >= 0.3 is 0 Å². The Labute approximate surface area is 286 Å². The lowest BCUT2D eigenvalue weighted by molar-refractivity contribution is 1.18. The van der Waals surface area contributed by atoms with E-state index in [0.29, 0.717) is 17.1 Å². The lowest BCUT2D eigenvalue weighted by atomic mass is 9.89. The minimum Gasteiger partial charge on any atom is -0.228 e. The zero-order valence-electron chi connectivity index (χ0n) is 30.8. The summed E-state index contributed by atoms with van der Waals surface area (Å²) in [5, 5.41) is 7.28. The Morgan fingerprint density at radius 1 is 0.354 bits per heavy atom. The highest BCUT2D eigenvalue weighted by Crippen LogP contribution is 2.40. The first-order chi connectivity index (χ1) is 25.9. The fraction of sp³-hybridized carbons (Fsp3) is 0. The summed E-state index contributed by atoms with van der Waals surface area (Å²) in [6.07, 6.45) is 0. The SMILES string of the molecule is [2H]c1c([2H])c([2H])c(-c2ccc(-c3cc(-c4ccc(-c5c6ccccc6cc6c5ccc5ccccc56)cc4)nc(-c4ccccc4)n3)cc2)c([2H])c1[2H]. The third-order valence-corrected chi connectivity index (χ3v) is 8.97. The second kappa shape index (κ2) is 11.8. The van der Waals surface area contributed by atoms with Crippen LogP contribution in [0.2, 0.25) is 0 Å². The van der Waals surface area contributed by atoms with Crippen LogP contribution in [-0.2, 0) is 0 Å². The molecule has 0 atom stereocenters. The zero-order valence-corrected chi connectivity index (χ0v) is 25.8. The van der Waals surface area contributed by atoms with E-state index in [1.807, 2.05) is 48.5 Å². The van der Waals surface area contributed by atoms with Crippen molar-refractivity contribution in [2.45, 2.75) is 0 Å². The Morgan fingerprint density at radius 3 is 1.65 bits per heavy atom. The standard InChI is InChI=1S/C46H30N2/c1-3-11-31(12-4-1)32-19-21-34(22-20-32)43-30-44(48-46(47-43)37-14-5-2-6-15-37)35-23-25-36(26-24-35)45-40-18-10-8-16-38(40)29-42-39-17-9-7-13-33(39)27-28-41(42)45/h1-30H/i1D,3D,4D,11D,12D. The number of benzene rings is 8. The summed E-state index contributed by atoms with van der Waals surface area (Å²) < 4.78 is 41.0. The molecule has 0 N–H and O–H groups in total. The molecule has 9 aromatic rings. The van der Waals surface area contributed by atoms with Gasteiger partial charge in [0.2, 0.25) is 0 Å². The molecular weight excluding hydrogens is 581 g/mol. The van der Waals surface area contributed by atoms with Crippen LogP contribution in [0.4, 0.5) is 0 Å². The number of nitrogens with zero attached hydrogens (tertiary/aromatic N) is 2. The van der Waals surface area contributed by atoms with Crippen molar-refractivity contribution in [3.8, 4) is 56.2 Å². The Balaban J connectivity index is 1.15. The van der Waals surface area contributed by atoms with Gasteiger partial charge in [0.15, 0.2) is 5.82 Å². The molecule has 0 saturated carbocycles. The average Bonchev–Trinajstić information content (AvgIpc) is 3.22. The predicted octanol–water partition coefficient (Wildman–Crippen LogP) is 12.3. The van der Waals surface area contributed by atoms with Crippen LogP contribution in [0.1, 0.15) is 6.85 Å². The molecule has 0 saturated heterocycles. The van der Waals surface area contributed by atoms with Crippen molar-refractivity contribution >= 4 is 32.3 Å². The highest BCUT2D eigenvalue weighted by molar-refractivity contribution is 6.20. The molecule has 0 fully saturated rings. The zero-order chi connectivity index (χ0) is 36.2. The maximum absolute atomic E-state index is 8.43. The predicted molar refractivity (Wildman–Crippen MR) is 202 cm³/mol. The third-order valence-electron chi connectivity index (χ3n) is 8.97. The number of fused-ring (bicyclic) bond motifs is 4. The summed E-state index contributed by atoms with van der Waals surface area (Å²) in [6, 6.07) is 50.0. The highest BCUT2D eigenvalue weighted by atomic mass is 14.9. The van der Waals surface area contributed by atoms with Gasteiger partial charge in [-0.2, -0.15) is 0 Å². The molecule has 0 aliphatic carbocycles. The summed E-state index contributed by atoms with van der Waals surface area (Å²) in [4.78, 5) is 10.00. The van der Waals surface area contributed by atoms with E-state index in [4.69, 9.17) is 16.8 Å². The van der Waals surface area contributed by atoms with Crippen molar-refractivity contribution in [1.29, 1.82) is 0 Å². The van der Waals surface area contributed by atoms with E-state index in [2.05, 4.69) is 91.0 Å². The van der Waals surface area contributed by atoms with Gasteiger partial charge in [-0.15, -0.1) is 0 Å². The summed E-state index contributed by atoms with van der Waals surface area (Å²) >= 11 is 0. The van der Waals surface area contributed by atoms with Gasteiger partial charge < -0.3 is 0 Å². The maximum Gasteiger partial charge on any atom is 0.160 e. The van der Waals surface area contributed by atoms with Gasteiger partial charge in [0.1, 0.15) is 0 Å². The van der Waals surface area contributed by atoms with E-state index in [0.717, 1.165) is 27.9 Å². The Kier molecular flexibility index (Phi) is 5.64. The van der Waals surface area contributed by atoms with E-state index in [1.165, 1.54) is 37.9 Å². The Bertz CT molecular complexity index is 2840. The minimum atomic E-state index is -0.408. The van der Waals surface area contributed by atoms with Crippen molar-refractivity contribution in [1.82, 2.24) is 9.97 Å². The van der Waals surface area contributed by atoms with Crippen LogP contribution in [-0.4, -0.2) is 9.97 Å². The molecular formula is C46H30N2. The average molecular weight is 616 g/mol. The van der Waals surface area contributed by atoms with Crippen LogP contribution < -0.4 is 0 Å². The molecule has 0 aliphatic heterocycles. The van der Waals surface area contributed by atoms with Gasteiger partial charge in [0, 0.05) is 16.7 Å². The lowest BCUT2D eigenvalue weighted by Crippen LogP contribution is -1.96. The second-order valence-electron chi connectivity index (χ2n) is 11.8. The van der Waals surface area contributed by atoms with Gasteiger partial charge in [-0.25, -0.2) is 9.97 Å². The molecule has 0 spiro atoms. The minimum absolute atomic E-state index is 0.170. The topological polar surface area (TPSA) is 25.8 Å². The van der Waals surface area contributed by atoms with E-state index in [9.17, 15) is 0 Å². The van der Waals surface area contributed by atoms with Crippen LogP contribution in [0.5, 0.6) is 0 Å². The third kappa shape index (κ3) is 5.01. The summed E-state index contributed by atoms with van der Waals surface area (Å²) in [5.41, 5.74) is 7.14. The van der Waals surface area contributed by atoms with Crippen LogP contribution >= 0.6 is 0 Å². The van der Waals surface area contributed by atoms with Gasteiger partial charge in [-0.1, -0.05) is 170 Å². The van der Waals surface area contributed by atoms with Crippen LogP contribution in [0.3, 0.4) is 0 Å². The molecule has 9 rings (SSSR count). The monoisotopic (exact) mass is 615 g/mol. The van der Waals surface area contributed by atoms with Crippen molar-refractivity contribution in [3.63, 3.8) is 0 Å². The van der Waals surface area contributed by atoms with Gasteiger partial charge in [-0.05, 0) is 66.7 Å².